The van der Waals surface area contributed by atoms with E-state index in [0.717, 1.165) is 6.42 Å². The Labute approximate surface area is 96.0 Å². The maximum Gasteiger partial charge on any atom is 0.250 e. The molecule has 0 unspecified atom stereocenters. The third-order valence-electron chi connectivity index (χ3n) is 2.67. The highest BCUT2D eigenvalue weighted by molar-refractivity contribution is 5.99. The summed E-state index contributed by atoms with van der Waals surface area (Å²) in [7, 11) is 0. The van der Waals surface area contributed by atoms with Crippen LogP contribution in [0.4, 0.5) is 11.4 Å². The van der Waals surface area contributed by atoms with Crippen LogP contribution in [0.1, 0.15) is 37.6 Å². The average molecular weight is 221 g/mol. The van der Waals surface area contributed by atoms with Gasteiger partial charge in [0.2, 0.25) is 0 Å². The molecular weight excluding hydrogens is 202 g/mol. The van der Waals surface area contributed by atoms with E-state index in [4.69, 9.17) is 11.5 Å². The smallest absolute Gasteiger partial charge is 0.250 e. The summed E-state index contributed by atoms with van der Waals surface area (Å²) in [6, 6.07) is 5.05. The van der Waals surface area contributed by atoms with E-state index in [1.807, 2.05) is 0 Å². The second-order valence-corrected chi connectivity index (χ2v) is 4.53. The van der Waals surface area contributed by atoms with E-state index in [0.29, 0.717) is 16.9 Å². The monoisotopic (exact) mass is 221 g/mol. The Hall–Kier alpha value is -1.71. The van der Waals surface area contributed by atoms with E-state index < -0.39 is 5.91 Å². The molecule has 4 nitrogen and oxygen atoms in total. The third-order valence-corrected chi connectivity index (χ3v) is 2.67. The second kappa shape index (κ2) is 4.43. The lowest BCUT2D eigenvalue weighted by Gasteiger charge is -2.27. The quantitative estimate of drug-likeness (QED) is 0.680. The molecule has 0 atom stereocenters. The van der Waals surface area contributed by atoms with Crippen LogP contribution in [0.2, 0.25) is 0 Å². The molecule has 1 aromatic rings. The molecule has 1 rings (SSSR count). The highest BCUT2D eigenvalue weighted by Gasteiger charge is 2.17. The van der Waals surface area contributed by atoms with Gasteiger partial charge in [0.25, 0.3) is 5.91 Å². The van der Waals surface area contributed by atoms with Crippen molar-refractivity contribution in [1.82, 2.24) is 0 Å². The fourth-order valence-electron chi connectivity index (χ4n) is 1.33. The van der Waals surface area contributed by atoms with E-state index in [2.05, 4.69) is 26.1 Å². The van der Waals surface area contributed by atoms with Gasteiger partial charge in [-0.05, 0) is 38.5 Å². The summed E-state index contributed by atoms with van der Waals surface area (Å²) >= 11 is 0. The molecule has 88 valence electrons. The van der Waals surface area contributed by atoms with Gasteiger partial charge in [-0.25, -0.2) is 0 Å². The number of nitrogens with two attached hydrogens (primary N) is 2. The van der Waals surface area contributed by atoms with Crippen molar-refractivity contribution < 1.29 is 4.79 Å². The molecule has 0 saturated carbocycles. The minimum absolute atomic E-state index is 0.0992. The highest BCUT2D eigenvalue weighted by Crippen LogP contribution is 2.24. The van der Waals surface area contributed by atoms with E-state index >= 15 is 0 Å². The molecule has 0 spiro atoms. The number of carbonyl (C=O) groups excluding carboxylic acids is 1. The molecule has 0 heterocycles. The average Bonchev–Trinajstić information content (AvgIpc) is 2.16. The number of nitrogens with one attached hydrogen (secondary N) is 1. The maximum atomic E-state index is 11.2. The summed E-state index contributed by atoms with van der Waals surface area (Å²) in [5.41, 5.74) is 12.7. The third kappa shape index (κ3) is 2.89. The van der Waals surface area contributed by atoms with Crippen LogP contribution >= 0.6 is 0 Å². The van der Waals surface area contributed by atoms with Gasteiger partial charge < -0.3 is 16.8 Å². The minimum atomic E-state index is -0.450. The molecule has 4 heteroatoms. The lowest BCUT2D eigenvalue weighted by Crippen LogP contribution is -2.31. The predicted octanol–water partition coefficient (Wildman–Crippen LogP) is 1.97. The molecule has 1 amide bonds. The molecule has 0 bridgehead atoms. The van der Waals surface area contributed by atoms with Crippen molar-refractivity contribution in [1.29, 1.82) is 0 Å². The molecule has 0 aliphatic rings. The summed E-state index contributed by atoms with van der Waals surface area (Å²) in [5, 5.41) is 3.28. The van der Waals surface area contributed by atoms with Crippen LogP contribution in [0.3, 0.4) is 0 Å². The number of hydrogen-bond donors (Lipinski definition) is 3. The number of anilines is 2. The van der Waals surface area contributed by atoms with Gasteiger partial charge in [-0.1, -0.05) is 6.92 Å². The van der Waals surface area contributed by atoms with Gasteiger partial charge in [0.1, 0.15) is 0 Å². The van der Waals surface area contributed by atoms with Crippen molar-refractivity contribution in [3.63, 3.8) is 0 Å². The molecule has 0 fully saturated rings. The van der Waals surface area contributed by atoms with Gasteiger partial charge in [-0.3, -0.25) is 4.79 Å². The first kappa shape index (κ1) is 12.4. The lowest BCUT2D eigenvalue weighted by molar-refractivity contribution is 0.100. The summed E-state index contributed by atoms with van der Waals surface area (Å²) in [4.78, 5) is 11.2. The zero-order valence-corrected chi connectivity index (χ0v) is 10.0. The van der Waals surface area contributed by atoms with Gasteiger partial charge in [0.05, 0.1) is 5.56 Å². The number of primary amides is 1. The van der Waals surface area contributed by atoms with Crippen molar-refractivity contribution in [2.75, 3.05) is 11.1 Å². The normalized spacial score (nSPS) is 11.2. The molecule has 0 saturated heterocycles. The number of nitrogen functional groups attached to an aromatic ring is 1. The minimum Gasteiger partial charge on any atom is -0.399 e. The van der Waals surface area contributed by atoms with E-state index in [-0.39, 0.29) is 5.54 Å². The van der Waals surface area contributed by atoms with Crippen LogP contribution < -0.4 is 16.8 Å². The Bertz CT molecular complexity index is 399. The number of benzene rings is 1. The first-order valence-corrected chi connectivity index (χ1v) is 5.33. The van der Waals surface area contributed by atoms with Gasteiger partial charge in [-0.15, -0.1) is 0 Å². The highest BCUT2D eigenvalue weighted by atomic mass is 16.1. The molecule has 0 aromatic heterocycles. The molecule has 5 N–H and O–H groups in total. The van der Waals surface area contributed by atoms with E-state index in [1.165, 1.54) is 0 Å². The SMILES string of the molecule is CCC(C)(C)Nc1cc(N)ccc1C(N)=O. The zero-order chi connectivity index (χ0) is 12.3. The predicted molar refractivity (Wildman–Crippen MR) is 67.4 cm³/mol. The van der Waals surface area contributed by atoms with Gasteiger partial charge >= 0.3 is 0 Å². The fraction of sp³-hybridized carbons (Fsp3) is 0.417. The number of amides is 1. The Balaban J connectivity index is 3.10. The topological polar surface area (TPSA) is 81.1 Å². The number of carbonyl (C=O) groups is 1. The summed E-state index contributed by atoms with van der Waals surface area (Å²) in [6.07, 6.45) is 0.931. The standard InChI is InChI=1S/C12H19N3O/c1-4-12(2,3)15-10-7-8(13)5-6-9(10)11(14)16/h5-7,15H,4,13H2,1-3H3,(H2,14,16). The Morgan fingerprint density at radius 1 is 1.44 bits per heavy atom. The number of hydrogen-bond acceptors (Lipinski definition) is 3. The largest absolute Gasteiger partial charge is 0.399 e. The van der Waals surface area contributed by atoms with Crippen molar-refractivity contribution in [2.45, 2.75) is 32.7 Å². The summed E-state index contributed by atoms with van der Waals surface area (Å²) in [6.45, 7) is 6.19. The number of rotatable bonds is 4. The van der Waals surface area contributed by atoms with E-state index in [9.17, 15) is 4.79 Å². The molecule has 0 aliphatic carbocycles. The van der Waals surface area contributed by atoms with Crippen LogP contribution in [-0.4, -0.2) is 11.4 Å². The van der Waals surface area contributed by atoms with Gasteiger partial charge in [-0.2, -0.15) is 0 Å². The van der Waals surface area contributed by atoms with Crippen molar-refractivity contribution in [3.05, 3.63) is 23.8 Å². The van der Waals surface area contributed by atoms with Crippen molar-refractivity contribution in [2.24, 2.45) is 5.73 Å². The van der Waals surface area contributed by atoms with Gasteiger partial charge in [0.15, 0.2) is 0 Å². The molecule has 16 heavy (non-hydrogen) atoms. The van der Waals surface area contributed by atoms with Crippen molar-refractivity contribution >= 4 is 17.3 Å². The van der Waals surface area contributed by atoms with Gasteiger partial charge in [0, 0.05) is 16.9 Å². The Kier molecular flexibility index (Phi) is 3.42. The molecule has 0 radical (unpaired) electrons. The summed E-state index contributed by atoms with van der Waals surface area (Å²) in [5.74, 6) is -0.450. The summed E-state index contributed by atoms with van der Waals surface area (Å²) < 4.78 is 0. The fourth-order valence-corrected chi connectivity index (χ4v) is 1.33. The Morgan fingerprint density at radius 3 is 2.56 bits per heavy atom. The second-order valence-electron chi connectivity index (χ2n) is 4.53. The molecular formula is C12H19N3O. The van der Waals surface area contributed by atoms with Crippen LogP contribution in [-0.2, 0) is 0 Å². The van der Waals surface area contributed by atoms with Crippen LogP contribution in [0.5, 0.6) is 0 Å². The molecule has 1 aromatic carbocycles. The lowest BCUT2D eigenvalue weighted by atomic mass is 10.00. The van der Waals surface area contributed by atoms with Crippen LogP contribution in [0.25, 0.3) is 0 Å². The van der Waals surface area contributed by atoms with E-state index in [1.54, 1.807) is 18.2 Å². The Morgan fingerprint density at radius 2 is 2.06 bits per heavy atom. The van der Waals surface area contributed by atoms with Crippen LogP contribution in [0.15, 0.2) is 18.2 Å². The van der Waals surface area contributed by atoms with Crippen LogP contribution in [0, 0.1) is 0 Å². The first-order valence-electron chi connectivity index (χ1n) is 5.33. The molecule has 0 aliphatic heterocycles. The zero-order valence-electron chi connectivity index (χ0n) is 10.0. The maximum absolute atomic E-state index is 11.2. The first-order chi connectivity index (χ1) is 7.35. The van der Waals surface area contributed by atoms with Crippen molar-refractivity contribution in [3.8, 4) is 0 Å².